The van der Waals surface area contributed by atoms with Crippen molar-refractivity contribution in [2.24, 2.45) is 0 Å². The van der Waals surface area contributed by atoms with Crippen LogP contribution in [0.25, 0.3) is 28.6 Å². The first-order chi connectivity index (χ1) is 14.6. The lowest BCUT2D eigenvalue weighted by molar-refractivity contribution is -0.138. The van der Waals surface area contributed by atoms with Crippen LogP contribution >= 0.6 is 11.6 Å². The molecule has 0 amide bonds. The van der Waals surface area contributed by atoms with Gasteiger partial charge in [-0.05, 0) is 24.1 Å². The van der Waals surface area contributed by atoms with Crippen molar-refractivity contribution in [1.29, 1.82) is 0 Å². The largest absolute Gasteiger partial charge is 0.481 e. The van der Waals surface area contributed by atoms with Crippen LogP contribution in [0.4, 0.5) is 17.6 Å². The molecule has 12 heteroatoms. The molecule has 0 fully saturated rings. The minimum atomic E-state index is -4.58. The van der Waals surface area contributed by atoms with Gasteiger partial charge in [0.2, 0.25) is 5.82 Å². The monoisotopic (exact) mass is 454 g/mol. The van der Waals surface area contributed by atoms with Crippen molar-refractivity contribution < 1.29 is 32.0 Å². The lowest BCUT2D eigenvalue weighted by atomic mass is 10.1. The first kappa shape index (κ1) is 20.8. The number of hydrogen-bond acceptors (Lipinski definition) is 5. The van der Waals surface area contributed by atoms with Gasteiger partial charge in [-0.15, -0.1) is 0 Å². The molecular weight excluding hydrogens is 444 g/mol. The number of aryl methyl sites for hydroxylation is 1. The highest BCUT2D eigenvalue weighted by molar-refractivity contribution is 6.33. The van der Waals surface area contributed by atoms with Gasteiger partial charge in [-0.25, -0.2) is 9.37 Å². The number of carboxylic acids is 1. The van der Waals surface area contributed by atoms with Gasteiger partial charge in [0.1, 0.15) is 11.5 Å². The van der Waals surface area contributed by atoms with E-state index in [-0.39, 0.29) is 52.0 Å². The highest BCUT2D eigenvalue weighted by Gasteiger charge is 2.32. The molecule has 0 saturated heterocycles. The second-order valence-electron chi connectivity index (χ2n) is 6.55. The lowest BCUT2D eigenvalue weighted by Crippen LogP contribution is -2.06. The van der Waals surface area contributed by atoms with Gasteiger partial charge in [0.05, 0.1) is 10.6 Å². The first-order valence-corrected chi connectivity index (χ1v) is 9.10. The number of imidazole rings is 1. The van der Waals surface area contributed by atoms with Crippen LogP contribution in [0.1, 0.15) is 17.5 Å². The SMILES string of the molecule is O=C(O)CCc1ccc(-c2noc(-c3cn4cc(C(F)(F)F)cc(Cl)c4n3)n2)cc1F. The molecular formula is C19H11ClF4N4O3. The third-order valence-corrected chi connectivity index (χ3v) is 4.68. The third-order valence-electron chi connectivity index (χ3n) is 4.40. The number of alkyl halides is 3. The molecule has 1 aromatic carbocycles. The Morgan fingerprint density at radius 1 is 1.19 bits per heavy atom. The average molecular weight is 455 g/mol. The maximum Gasteiger partial charge on any atom is 0.417 e. The number of rotatable bonds is 5. The second-order valence-corrected chi connectivity index (χ2v) is 6.96. The van der Waals surface area contributed by atoms with Crippen LogP contribution in [-0.2, 0) is 17.4 Å². The van der Waals surface area contributed by atoms with Gasteiger partial charge in [-0.2, -0.15) is 18.2 Å². The van der Waals surface area contributed by atoms with E-state index in [1.54, 1.807) is 0 Å². The molecule has 0 atom stereocenters. The minimum Gasteiger partial charge on any atom is -0.481 e. The summed E-state index contributed by atoms with van der Waals surface area (Å²) in [7, 11) is 0. The number of halogens is 5. The summed E-state index contributed by atoms with van der Waals surface area (Å²) in [5, 5.41) is 12.2. The smallest absolute Gasteiger partial charge is 0.417 e. The van der Waals surface area contributed by atoms with Crippen LogP contribution in [-0.4, -0.2) is 30.6 Å². The lowest BCUT2D eigenvalue weighted by Gasteiger charge is -2.07. The molecule has 0 aliphatic carbocycles. The molecule has 3 heterocycles. The first-order valence-electron chi connectivity index (χ1n) is 8.72. The molecule has 4 rings (SSSR count). The number of carboxylic acid groups (broad SMARTS) is 1. The van der Waals surface area contributed by atoms with E-state index in [0.717, 1.165) is 22.7 Å². The maximum atomic E-state index is 14.2. The van der Waals surface area contributed by atoms with E-state index in [2.05, 4.69) is 15.1 Å². The van der Waals surface area contributed by atoms with E-state index in [1.807, 2.05) is 0 Å². The van der Waals surface area contributed by atoms with Crippen LogP contribution in [0.3, 0.4) is 0 Å². The highest BCUT2D eigenvalue weighted by atomic mass is 35.5. The van der Waals surface area contributed by atoms with Crippen LogP contribution < -0.4 is 0 Å². The molecule has 0 aliphatic heterocycles. The van der Waals surface area contributed by atoms with Crippen molar-refractivity contribution in [3.05, 3.63) is 58.6 Å². The Labute approximate surface area is 175 Å². The zero-order valence-corrected chi connectivity index (χ0v) is 16.1. The van der Waals surface area contributed by atoms with E-state index in [0.29, 0.717) is 0 Å². The molecule has 4 aromatic rings. The third kappa shape index (κ3) is 4.22. The number of fused-ring (bicyclic) bond motifs is 1. The van der Waals surface area contributed by atoms with Crippen molar-refractivity contribution >= 4 is 23.2 Å². The average Bonchev–Trinajstić information content (AvgIpc) is 3.33. The van der Waals surface area contributed by atoms with E-state index in [1.165, 1.54) is 18.3 Å². The number of hydrogen-bond donors (Lipinski definition) is 1. The summed E-state index contributed by atoms with van der Waals surface area (Å²) in [6.45, 7) is 0. The molecule has 1 N–H and O–H groups in total. The minimum absolute atomic E-state index is 0.0258. The van der Waals surface area contributed by atoms with E-state index in [9.17, 15) is 22.4 Å². The molecule has 0 saturated carbocycles. The number of aliphatic carboxylic acids is 1. The number of aromatic nitrogens is 4. The Balaban J connectivity index is 1.64. The van der Waals surface area contributed by atoms with Gasteiger partial charge in [0.15, 0.2) is 5.65 Å². The van der Waals surface area contributed by atoms with Crippen LogP contribution in [0.15, 0.2) is 41.2 Å². The van der Waals surface area contributed by atoms with E-state index in [4.69, 9.17) is 21.2 Å². The molecule has 0 aliphatic rings. The summed E-state index contributed by atoms with van der Waals surface area (Å²) in [6, 6.07) is 4.83. The molecule has 0 unspecified atom stereocenters. The van der Waals surface area contributed by atoms with Gasteiger partial charge >= 0.3 is 12.1 Å². The van der Waals surface area contributed by atoms with Gasteiger partial charge in [0, 0.05) is 24.4 Å². The topological polar surface area (TPSA) is 93.5 Å². The summed E-state index contributed by atoms with van der Waals surface area (Å²) in [5.74, 6) is -1.73. The van der Waals surface area contributed by atoms with Gasteiger partial charge in [0.25, 0.3) is 5.89 Å². The molecule has 0 bridgehead atoms. The van der Waals surface area contributed by atoms with Crippen LogP contribution in [0, 0.1) is 5.82 Å². The van der Waals surface area contributed by atoms with Crippen molar-refractivity contribution in [3.63, 3.8) is 0 Å². The van der Waals surface area contributed by atoms with Gasteiger partial charge in [-0.1, -0.05) is 28.9 Å². The summed E-state index contributed by atoms with van der Waals surface area (Å²) in [5.41, 5.74) is -0.298. The maximum absolute atomic E-state index is 14.2. The number of carbonyl (C=O) groups is 1. The highest BCUT2D eigenvalue weighted by Crippen LogP contribution is 2.33. The van der Waals surface area contributed by atoms with Crippen molar-refractivity contribution in [1.82, 2.24) is 19.5 Å². The zero-order chi connectivity index (χ0) is 22.3. The number of benzene rings is 1. The molecule has 160 valence electrons. The summed E-state index contributed by atoms with van der Waals surface area (Å²) >= 11 is 5.92. The van der Waals surface area contributed by atoms with Crippen molar-refractivity contribution in [2.45, 2.75) is 19.0 Å². The Morgan fingerprint density at radius 3 is 2.65 bits per heavy atom. The Kier molecular flexibility index (Phi) is 5.13. The van der Waals surface area contributed by atoms with E-state index >= 15 is 0 Å². The quantitative estimate of drug-likeness (QED) is 0.432. The number of nitrogens with zero attached hydrogens (tertiary/aromatic N) is 4. The second kappa shape index (κ2) is 7.65. The fourth-order valence-corrected chi connectivity index (χ4v) is 3.15. The predicted octanol–water partition coefficient (Wildman–Crippen LogP) is 4.88. The molecule has 3 aromatic heterocycles. The zero-order valence-electron chi connectivity index (χ0n) is 15.3. The Hall–Kier alpha value is -3.47. The fraction of sp³-hybridized carbons (Fsp3) is 0.158. The van der Waals surface area contributed by atoms with Crippen LogP contribution in [0.2, 0.25) is 5.02 Å². The molecule has 0 spiro atoms. The number of pyridine rings is 1. The normalized spacial score (nSPS) is 11.9. The summed E-state index contributed by atoms with van der Waals surface area (Å²) in [6.07, 6.45) is -2.68. The Morgan fingerprint density at radius 2 is 1.97 bits per heavy atom. The molecule has 0 radical (unpaired) electrons. The molecule has 7 nitrogen and oxygen atoms in total. The summed E-state index contributed by atoms with van der Waals surface area (Å²) in [4.78, 5) is 18.9. The molecule has 31 heavy (non-hydrogen) atoms. The van der Waals surface area contributed by atoms with E-state index < -0.39 is 23.5 Å². The fourth-order valence-electron chi connectivity index (χ4n) is 2.89. The standard InChI is InChI=1S/C19H11ClF4N4O3/c20-12-6-11(19(22,23)24)7-28-8-14(25-17(12)28)18-26-16(27-31-18)10-2-1-9(13(21)5-10)3-4-15(29)30/h1-2,5-8H,3-4H2,(H,29,30). The van der Waals surface area contributed by atoms with Crippen molar-refractivity contribution in [3.8, 4) is 23.0 Å². The van der Waals surface area contributed by atoms with Crippen molar-refractivity contribution in [2.75, 3.05) is 0 Å². The van der Waals surface area contributed by atoms with Gasteiger partial charge in [-0.3, -0.25) is 4.79 Å². The van der Waals surface area contributed by atoms with Crippen LogP contribution in [0.5, 0.6) is 0 Å². The van der Waals surface area contributed by atoms with Gasteiger partial charge < -0.3 is 14.0 Å². The predicted molar refractivity (Wildman–Crippen MR) is 99.8 cm³/mol. The Bertz CT molecular complexity index is 1300. The summed E-state index contributed by atoms with van der Waals surface area (Å²) < 4.78 is 59.4.